The van der Waals surface area contributed by atoms with Crippen LogP contribution in [0.5, 0.6) is 0 Å². The predicted octanol–water partition coefficient (Wildman–Crippen LogP) is 2.68. The van der Waals surface area contributed by atoms with E-state index in [1.54, 1.807) is 6.92 Å². The third-order valence-corrected chi connectivity index (χ3v) is 4.26. The number of hydrogen-bond acceptors (Lipinski definition) is 3. The molecule has 1 aromatic rings. The highest BCUT2D eigenvalue weighted by atomic mass is 32.2. The van der Waals surface area contributed by atoms with E-state index in [2.05, 4.69) is 24.0 Å². The average molecular weight is 237 g/mol. The van der Waals surface area contributed by atoms with E-state index in [-0.39, 0.29) is 6.10 Å². The molecule has 88 valence electrons. The largest absolute Gasteiger partial charge is 0.389 e. The van der Waals surface area contributed by atoms with Crippen LogP contribution in [-0.4, -0.2) is 29.2 Å². The first-order valence-corrected chi connectivity index (χ1v) is 6.96. The second-order valence-electron chi connectivity index (χ2n) is 4.38. The zero-order chi connectivity index (χ0) is 11.5. The Morgan fingerprint density at radius 3 is 2.62 bits per heavy atom. The lowest BCUT2D eigenvalue weighted by atomic mass is 10.1. The van der Waals surface area contributed by atoms with Crippen LogP contribution in [0, 0.1) is 0 Å². The molecule has 0 amide bonds. The van der Waals surface area contributed by atoms with Crippen molar-refractivity contribution in [3.05, 3.63) is 29.8 Å². The second kappa shape index (κ2) is 5.11. The summed E-state index contributed by atoms with van der Waals surface area (Å²) in [5.41, 5.74) is 2.26. The Bertz CT molecular complexity index is 336. The van der Waals surface area contributed by atoms with Gasteiger partial charge >= 0.3 is 0 Å². The van der Waals surface area contributed by atoms with Gasteiger partial charge in [0.2, 0.25) is 0 Å². The highest BCUT2D eigenvalue weighted by Gasteiger charge is 2.18. The van der Waals surface area contributed by atoms with E-state index in [4.69, 9.17) is 0 Å². The molecule has 1 aliphatic rings. The van der Waals surface area contributed by atoms with Crippen LogP contribution in [-0.2, 0) is 0 Å². The molecule has 16 heavy (non-hydrogen) atoms. The van der Waals surface area contributed by atoms with E-state index in [9.17, 15) is 5.11 Å². The van der Waals surface area contributed by atoms with Gasteiger partial charge in [-0.1, -0.05) is 12.1 Å². The highest BCUT2D eigenvalue weighted by Crippen LogP contribution is 2.25. The molecule has 1 heterocycles. The number of anilines is 1. The van der Waals surface area contributed by atoms with Crippen molar-refractivity contribution in [1.29, 1.82) is 0 Å². The van der Waals surface area contributed by atoms with Crippen LogP contribution in [0.2, 0.25) is 0 Å². The van der Waals surface area contributed by atoms with Crippen LogP contribution in [0.3, 0.4) is 0 Å². The first-order valence-electron chi connectivity index (χ1n) is 5.81. The number of benzene rings is 1. The minimum atomic E-state index is -0.372. The summed E-state index contributed by atoms with van der Waals surface area (Å²) in [7, 11) is 0. The Morgan fingerprint density at radius 2 is 2.06 bits per heavy atom. The van der Waals surface area contributed by atoms with Crippen molar-refractivity contribution in [2.24, 2.45) is 0 Å². The third kappa shape index (κ3) is 2.53. The van der Waals surface area contributed by atoms with Crippen LogP contribution in [0.25, 0.3) is 0 Å². The van der Waals surface area contributed by atoms with Crippen molar-refractivity contribution in [1.82, 2.24) is 0 Å². The second-order valence-corrected chi connectivity index (χ2v) is 5.53. The van der Waals surface area contributed by atoms with Gasteiger partial charge in [0.25, 0.3) is 0 Å². The van der Waals surface area contributed by atoms with Crippen molar-refractivity contribution >= 4 is 17.4 Å². The van der Waals surface area contributed by atoms with Gasteiger partial charge in [-0.2, -0.15) is 11.8 Å². The molecule has 2 rings (SSSR count). The number of aliphatic hydroxyl groups excluding tert-OH is 1. The zero-order valence-electron chi connectivity index (χ0n) is 9.89. The van der Waals surface area contributed by atoms with E-state index < -0.39 is 0 Å². The zero-order valence-corrected chi connectivity index (χ0v) is 10.7. The average Bonchev–Trinajstić information content (AvgIpc) is 2.30. The topological polar surface area (TPSA) is 23.5 Å². The minimum Gasteiger partial charge on any atom is -0.389 e. The SMILES string of the molecule is CC1CSCCN1c1ccc([C@H](C)O)cc1. The van der Waals surface area contributed by atoms with Gasteiger partial charge in [0.05, 0.1) is 6.10 Å². The summed E-state index contributed by atoms with van der Waals surface area (Å²) in [4.78, 5) is 2.45. The molecular weight excluding hydrogens is 218 g/mol. The summed E-state index contributed by atoms with van der Waals surface area (Å²) in [6.07, 6.45) is -0.372. The van der Waals surface area contributed by atoms with Gasteiger partial charge in [-0.15, -0.1) is 0 Å². The van der Waals surface area contributed by atoms with E-state index in [0.717, 1.165) is 12.1 Å². The summed E-state index contributed by atoms with van der Waals surface area (Å²) in [6.45, 7) is 5.20. The monoisotopic (exact) mass is 237 g/mol. The molecule has 2 nitrogen and oxygen atoms in total. The molecule has 1 fully saturated rings. The Kier molecular flexibility index (Phi) is 3.77. The fourth-order valence-electron chi connectivity index (χ4n) is 2.06. The van der Waals surface area contributed by atoms with Crippen LogP contribution in [0.4, 0.5) is 5.69 Å². The number of hydrogen-bond donors (Lipinski definition) is 1. The number of nitrogens with zero attached hydrogens (tertiary/aromatic N) is 1. The maximum absolute atomic E-state index is 9.46. The van der Waals surface area contributed by atoms with Crippen LogP contribution < -0.4 is 4.90 Å². The highest BCUT2D eigenvalue weighted by molar-refractivity contribution is 7.99. The number of rotatable bonds is 2. The quantitative estimate of drug-likeness (QED) is 0.855. The van der Waals surface area contributed by atoms with Gasteiger partial charge in [-0.3, -0.25) is 0 Å². The van der Waals surface area contributed by atoms with Crippen LogP contribution in [0.15, 0.2) is 24.3 Å². The third-order valence-electron chi connectivity index (χ3n) is 3.07. The van der Waals surface area contributed by atoms with Crippen molar-refractivity contribution < 1.29 is 5.11 Å². The summed E-state index contributed by atoms with van der Waals surface area (Å²) in [6, 6.07) is 8.89. The van der Waals surface area contributed by atoms with Gasteiger partial charge in [0.1, 0.15) is 0 Å². The van der Waals surface area contributed by atoms with E-state index >= 15 is 0 Å². The maximum Gasteiger partial charge on any atom is 0.0761 e. The minimum absolute atomic E-state index is 0.372. The molecule has 1 unspecified atom stereocenters. The lowest BCUT2D eigenvalue weighted by molar-refractivity contribution is 0.199. The van der Waals surface area contributed by atoms with Crippen molar-refractivity contribution in [3.8, 4) is 0 Å². The molecule has 0 radical (unpaired) electrons. The smallest absolute Gasteiger partial charge is 0.0761 e. The normalized spacial score (nSPS) is 23.2. The number of thioether (sulfide) groups is 1. The molecule has 0 bridgehead atoms. The van der Waals surface area contributed by atoms with Gasteiger partial charge in [-0.05, 0) is 31.5 Å². The fourth-order valence-corrected chi connectivity index (χ4v) is 3.07. The van der Waals surface area contributed by atoms with Crippen molar-refractivity contribution in [2.75, 3.05) is 23.0 Å². The Balaban J connectivity index is 2.14. The van der Waals surface area contributed by atoms with E-state index in [0.29, 0.717) is 6.04 Å². The van der Waals surface area contributed by atoms with Crippen LogP contribution in [0.1, 0.15) is 25.5 Å². The Hall–Kier alpha value is -0.670. The molecule has 0 saturated carbocycles. The molecule has 1 aromatic carbocycles. The Labute approximate surface area is 102 Å². The summed E-state index contributed by atoms with van der Waals surface area (Å²) in [5, 5.41) is 9.46. The molecule has 3 heteroatoms. The lowest BCUT2D eigenvalue weighted by Gasteiger charge is -2.35. The van der Waals surface area contributed by atoms with Crippen molar-refractivity contribution in [3.63, 3.8) is 0 Å². The van der Waals surface area contributed by atoms with Gasteiger partial charge in [0.15, 0.2) is 0 Å². The van der Waals surface area contributed by atoms with Gasteiger partial charge in [-0.25, -0.2) is 0 Å². The molecule has 1 N–H and O–H groups in total. The van der Waals surface area contributed by atoms with Gasteiger partial charge in [0, 0.05) is 29.8 Å². The fraction of sp³-hybridized carbons (Fsp3) is 0.538. The molecule has 2 atom stereocenters. The summed E-state index contributed by atoms with van der Waals surface area (Å²) < 4.78 is 0. The first-order chi connectivity index (χ1) is 7.68. The summed E-state index contributed by atoms with van der Waals surface area (Å²) in [5.74, 6) is 2.42. The van der Waals surface area contributed by atoms with Crippen molar-refractivity contribution in [2.45, 2.75) is 26.0 Å². The number of aliphatic hydroxyl groups is 1. The molecule has 1 saturated heterocycles. The molecular formula is C13H19NOS. The molecule has 1 aliphatic heterocycles. The molecule has 0 aliphatic carbocycles. The molecule has 0 spiro atoms. The Morgan fingerprint density at radius 1 is 1.38 bits per heavy atom. The molecule has 0 aromatic heterocycles. The van der Waals surface area contributed by atoms with Crippen LogP contribution >= 0.6 is 11.8 Å². The lowest BCUT2D eigenvalue weighted by Crippen LogP contribution is -2.40. The maximum atomic E-state index is 9.46. The summed E-state index contributed by atoms with van der Waals surface area (Å²) >= 11 is 2.03. The van der Waals surface area contributed by atoms with E-state index in [1.165, 1.54) is 17.2 Å². The van der Waals surface area contributed by atoms with E-state index in [1.807, 2.05) is 23.9 Å². The first kappa shape index (κ1) is 11.8. The predicted molar refractivity (Wildman–Crippen MR) is 71.2 cm³/mol. The standard InChI is InChI=1S/C13H19NOS/c1-10-9-16-8-7-14(10)13-5-3-12(4-6-13)11(2)15/h3-6,10-11,15H,7-9H2,1-2H3/t10?,11-/m0/s1. The van der Waals surface area contributed by atoms with Gasteiger partial charge < -0.3 is 10.0 Å².